The molecule has 0 radical (unpaired) electrons. The maximum atomic E-state index is 12.0. The van der Waals surface area contributed by atoms with Gasteiger partial charge >= 0.3 is 0 Å². The van der Waals surface area contributed by atoms with Crippen molar-refractivity contribution in [3.8, 4) is 0 Å². The lowest BCUT2D eigenvalue weighted by molar-refractivity contribution is 0.0390. The van der Waals surface area contributed by atoms with E-state index in [1.54, 1.807) is 0 Å². The van der Waals surface area contributed by atoms with Gasteiger partial charge in [0.05, 0.1) is 13.2 Å². The number of ether oxygens (including phenoxy) is 1. The van der Waals surface area contributed by atoms with Crippen molar-refractivity contribution in [2.24, 2.45) is 5.14 Å². The van der Waals surface area contributed by atoms with Crippen molar-refractivity contribution in [3.05, 3.63) is 12.1 Å². The quantitative estimate of drug-likeness (QED) is 0.676. The summed E-state index contributed by atoms with van der Waals surface area (Å²) in [4.78, 5) is 2.09. The molecule has 1 aromatic heterocycles. The molecule has 0 spiro atoms. The van der Waals surface area contributed by atoms with Crippen LogP contribution in [-0.4, -0.2) is 61.1 Å². The van der Waals surface area contributed by atoms with Gasteiger partial charge < -0.3 is 4.74 Å². The number of rotatable bonds is 6. The Morgan fingerprint density at radius 2 is 1.81 bits per heavy atom. The van der Waals surface area contributed by atoms with Gasteiger partial charge in [-0.05, 0) is 12.1 Å². The molecule has 0 bridgehead atoms. The van der Waals surface area contributed by atoms with Gasteiger partial charge in [0.15, 0.2) is 0 Å². The first-order valence-corrected chi connectivity index (χ1v) is 10.1. The number of hydrogen-bond donors (Lipinski definition) is 2. The second-order valence-electron chi connectivity index (χ2n) is 4.47. The van der Waals surface area contributed by atoms with Crippen LogP contribution in [0.2, 0.25) is 0 Å². The van der Waals surface area contributed by atoms with E-state index in [1.807, 2.05) is 0 Å². The summed E-state index contributed by atoms with van der Waals surface area (Å²) in [6.07, 6.45) is 0. The minimum Gasteiger partial charge on any atom is -0.379 e. The molecule has 11 heteroatoms. The van der Waals surface area contributed by atoms with E-state index in [0.29, 0.717) is 31.1 Å². The molecule has 0 saturated carbocycles. The van der Waals surface area contributed by atoms with E-state index in [1.165, 1.54) is 12.1 Å². The largest absolute Gasteiger partial charge is 0.379 e. The third kappa shape index (κ3) is 4.71. The Morgan fingerprint density at radius 1 is 1.19 bits per heavy atom. The third-order valence-corrected chi connectivity index (χ3v) is 7.40. The minimum absolute atomic E-state index is 0.0616. The van der Waals surface area contributed by atoms with E-state index in [4.69, 9.17) is 9.88 Å². The van der Waals surface area contributed by atoms with Crippen molar-refractivity contribution in [3.63, 3.8) is 0 Å². The van der Waals surface area contributed by atoms with Gasteiger partial charge in [-0.25, -0.2) is 26.7 Å². The van der Waals surface area contributed by atoms with Gasteiger partial charge in [-0.3, -0.25) is 4.90 Å². The maximum Gasteiger partial charge on any atom is 0.250 e. The second-order valence-corrected chi connectivity index (χ2v) is 9.34. The summed E-state index contributed by atoms with van der Waals surface area (Å²) < 4.78 is 53.8. The van der Waals surface area contributed by atoms with Crippen LogP contribution in [-0.2, 0) is 24.8 Å². The fraction of sp³-hybridized carbons (Fsp3) is 0.600. The molecule has 0 aromatic carbocycles. The molecular formula is C10H17N3O5S3. The maximum absolute atomic E-state index is 12.0. The van der Waals surface area contributed by atoms with E-state index < -0.39 is 20.0 Å². The van der Waals surface area contributed by atoms with Crippen molar-refractivity contribution < 1.29 is 21.6 Å². The van der Waals surface area contributed by atoms with Gasteiger partial charge in [-0.2, -0.15) is 0 Å². The molecule has 0 unspecified atom stereocenters. The molecule has 3 N–H and O–H groups in total. The van der Waals surface area contributed by atoms with Crippen molar-refractivity contribution in [2.75, 3.05) is 39.4 Å². The summed E-state index contributed by atoms with van der Waals surface area (Å²) in [5.74, 6) is 0. The van der Waals surface area contributed by atoms with Crippen LogP contribution < -0.4 is 9.86 Å². The van der Waals surface area contributed by atoms with E-state index in [2.05, 4.69) is 9.62 Å². The molecule has 1 saturated heterocycles. The molecule has 21 heavy (non-hydrogen) atoms. The minimum atomic E-state index is -3.88. The molecular weight excluding hydrogens is 338 g/mol. The van der Waals surface area contributed by atoms with Crippen LogP contribution in [0.3, 0.4) is 0 Å². The molecule has 0 amide bonds. The molecule has 0 atom stereocenters. The summed E-state index contributed by atoms with van der Waals surface area (Å²) in [6.45, 7) is 3.68. The fourth-order valence-corrected chi connectivity index (χ4v) is 5.09. The van der Waals surface area contributed by atoms with Gasteiger partial charge in [-0.15, -0.1) is 11.3 Å². The first-order chi connectivity index (χ1) is 9.79. The highest BCUT2D eigenvalue weighted by molar-refractivity contribution is 7.94. The van der Waals surface area contributed by atoms with Crippen molar-refractivity contribution in [1.82, 2.24) is 9.62 Å². The second kappa shape index (κ2) is 6.69. The lowest BCUT2D eigenvalue weighted by Crippen LogP contribution is -2.41. The molecule has 0 aliphatic carbocycles. The molecule has 8 nitrogen and oxygen atoms in total. The first kappa shape index (κ1) is 16.8. The monoisotopic (exact) mass is 355 g/mol. The summed E-state index contributed by atoms with van der Waals surface area (Å²) in [5.41, 5.74) is 0. The Labute approximate surface area is 128 Å². The molecule has 1 aliphatic rings. The molecule has 1 aliphatic heterocycles. The standard InChI is InChI=1S/C10H17N3O5S3/c11-20(14,15)9-1-2-10(19-9)21(16,17)12-3-4-13-5-7-18-8-6-13/h1-2,12H,3-8H2,(H2,11,14,15). The van der Waals surface area contributed by atoms with E-state index in [-0.39, 0.29) is 15.0 Å². The number of nitrogens with one attached hydrogen (secondary N) is 1. The topological polar surface area (TPSA) is 119 Å². The van der Waals surface area contributed by atoms with Gasteiger partial charge in [0.2, 0.25) is 20.0 Å². The predicted octanol–water partition coefficient (Wildman–Crippen LogP) is -0.994. The van der Waals surface area contributed by atoms with Crippen LogP contribution in [0.5, 0.6) is 0 Å². The smallest absolute Gasteiger partial charge is 0.250 e. The highest BCUT2D eigenvalue weighted by Gasteiger charge is 2.20. The Bertz CT molecular complexity index is 677. The molecule has 120 valence electrons. The fourth-order valence-electron chi connectivity index (χ4n) is 1.83. The molecule has 1 aromatic rings. The van der Waals surface area contributed by atoms with Crippen LogP contribution in [0.1, 0.15) is 0 Å². The number of morpholine rings is 1. The van der Waals surface area contributed by atoms with Crippen LogP contribution in [0.4, 0.5) is 0 Å². The van der Waals surface area contributed by atoms with Crippen LogP contribution in [0, 0.1) is 0 Å². The Hall–Kier alpha value is -0.560. The zero-order valence-corrected chi connectivity index (χ0v) is 13.6. The van der Waals surface area contributed by atoms with Crippen LogP contribution in [0.25, 0.3) is 0 Å². The van der Waals surface area contributed by atoms with E-state index in [9.17, 15) is 16.8 Å². The average Bonchev–Trinajstić information content (AvgIpc) is 2.90. The molecule has 1 fully saturated rings. The van der Waals surface area contributed by atoms with Gasteiger partial charge in [-0.1, -0.05) is 0 Å². The van der Waals surface area contributed by atoms with Crippen molar-refractivity contribution in [1.29, 1.82) is 0 Å². The van der Waals surface area contributed by atoms with E-state index in [0.717, 1.165) is 13.1 Å². The van der Waals surface area contributed by atoms with Gasteiger partial charge in [0.25, 0.3) is 0 Å². The van der Waals surface area contributed by atoms with Crippen molar-refractivity contribution in [2.45, 2.75) is 8.42 Å². The summed E-state index contributed by atoms with van der Waals surface area (Å²) in [6, 6.07) is 2.43. The van der Waals surface area contributed by atoms with Crippen molar-refractivity contribution >= 4 is 31.4 Å². The van der Waals surface area contributed by atoms with Crippen LogP contribution >= 0.6 is 11.3 Å². The Balaban J connectivity index is 1.93. The highest BCUT2D eigenvalue weighted by atomic mass is 32.3. The number of thiophene rings is 1. The molecule has 2 heterocycles. The van der Waals surface area contributed by atoms with Gasteiger partial charge in [0.1, 0.15) is 8.42 Å². The lowest BCUT2D eigenvalue weighted by Gasteiger charge is -2.26. The summed E-state index contributed by atoms with van der Waals surface area (Å²) in [5, 5.41) is 4.96. The zero-order valence-electron chi connectivity index (χ0n) is 11.2. The van der Waals surface area contributed by atoms with Crippen LogP contribution in [0.15, 0.2) is 20.6 Å². The number of sulfonamides is 2. The highest BCUT2D eigenvalue weighted by Crippen LogP contribution is 2.24. The summed E-state index contributed by atoms with van der Waals surface area (Å²) >= 11 is 0.636. The summed E-state index contributed by atoms with van der Waals surface area (Å²) in [7, 11) is -7.59. The predicted molar refractivity (Wildman–Crippen MR) is 78.1 cm³/mol. The number of hydrogen-bond acceptors (Lipinski definition) is 7. The molecule has 2 rings (SSSR count). The number of nitrogens with zero attached hydrogens (tertiary/aromatic N) is 1. The lowest BCUT2D eigenvalue weighted by atomic mass is 10.4. The SMILES string of the molecule is NS(=O)(=O)c1ccc(S(=O)(=O)NCCN2CCOCC2)s1. The van der Waals surface area contributed by atoms with Gasteiger partial charge in [0, 0.05) is 26.2 Å². The zero-order chi connectivity index (χ0) is 15.5. The number of primary sulfonamides is 1. The number of nitrogens with two attached hydrogens (primary N) is 1. The Morgan fingerprint density at radius 3 is 2.38 bits per heavy atom. The first-order valence-electron chi connectivity index (χ1n) is 6.21. The van der Waals surface area contributed by atoms with E-state index >= 15 is 0 Å². The average molecular weight is 355 g/mol. The Kier molecular flexibility index (Phi) is 5.35. The third-order valence-electron chi connectivity index (χ3n) is 2.93. The normalized spacial score (nSPS) is 18.0.